The number of hydrogen-bond donors (Lipinski definition) is 1. The average Bonchev–Trinajstić information content (AvgIpc) is 2.75. The zero-order chi connectivity index (χ0) is 18.3. The Bertz CT molecular complexity index is 815. The monoisotopic (exact) mass is 353 g/mol. The van der Waals surface area contributed by atoms with Gasteiger partial charge in [-0.3, -0.25) is 4.79 Å². The van der Waals surface area contributed by atoms with Crippen molar-refractivity contribution in [2.75, 3.05) is 6.54 Å². The lowest BCUT2D eigenvalue weighted by atomic mass is 9.86. The number of aryl methyl sites for hydroxylation is 1. The van der Waals surface area contributed by atoms with Gasteiger partial charge in [-0.25, -0.2) is 9.69 Å². The van der Waals surface area contributed by atoms with Gasteiger partial charge < -0.3 is 9.29 Å². The molecule has 2 rings (SSSR count). The fraction of sp³-hybridized carbons (Fsp3) is 0.375. The molecule has 0 fully saturated rings. The number of nitrogens with zero attached hydrogens (tertiary/aromatic N) is 1. The van der Waals surface area contributed by atoms with E-state index in [-0.39, 0.29) is 16.2 Å². The summed E-state index contributed by atoms with van der Waals surface area (Å²) in [5, 5.41) is 9.10. The summed E-state index contributed by atoms with van der Waals surface area (Å²) in [5.41, 5.74) is 0.164. The molecule has 2 amide bonds. The van der Waals surface area contributed by atoms with Gasteiger partial charge in [0.05, 0.1) is 12.1 Å². The number of hydrogen-bond acceptors (Lipinski definition) is 5. The molecule has 1 N–H and O–H groups in total. The molecular weight excluding hydrogens is 334 g/mol. The lowest BCUT2D eigenvalue weighted by molar-refractivity contribution is -0.124. The van der Waals surface area contributed by atoms with Crippen LogP contribution < -0.4 is 0 Å². The summed E-state index contributed by atoms with van der Waals surface area (Å²) in [6.45, 7) is 6.46. The molecule has 0 atom stereocenters. The van der Waals surface area contributed by atoms with Crippen LogP contribution in [0.2, 0.25) is 0 Å². The van der Waals surface area contributed by atoms with Crippen molar-refractivity contribution >= 4 is 22.1 Å². The highest BCUT2D eigenvalue weighted by Crippen LogP contribution is 2.36. The smallest absolute Gasteiger partial charge is 0.414 e. The molecule has 0 radical (unpaired) electrons. The Morgan fingerprint density at radius 2 is 1.75 bits per heavy atom. The molecule has 0 spiro atoms. The van der Waals surface area contributed by atoms with E-state index in [4.69, 9.17) is 9.29 Å². The van der Waals surface area contributed by atoms with Crippen molar-refractivity contribution in [2.45, 2.75) is 32.6 Å². The van der Waals surface area contributed by atoms with Crippen LogP contribution in [-0.2, 0) is 19.1 Å². The van der Waals surface area contributed by atoms with E-state index < -0.39 is 34.1 Å². The van der Waals surface area contributed by atoms with Crippen molar-refractivity contribution in [1.82, 2.24) is 4.90 Å². The highest BCUT2D eigenvalue weighted by molar-refractivity contribution is 7.86. The normalized spacial score (nSPS) is 15.8. The Balaban J connectivity index is 2.44. The zero-order valence-electron chi connectivity index (χ0n) is 13.9. The van der Waals surface area contributed by atoms with Gasteiger partial charge in [-0.2, -0.15) is 8.42 Å². The van der Waals surface area contributed by atoms with Gasteiger partial charge >= 0.3 is 16.2 Å². The maximum atomic E-state index is 12.4. The molecule has 8 heteroatoms. The summed E-state index contributed by atoms with van der Waals surface area (Å²) >= 11 is 0. The van der Waals surface area contributed by atoms with Crippen molar-refractivity contribution in [2.24, 2.45) is 5.41 Å². The van der Waals surface area contributed by atoms with E-state index in [1.807, 2.05) is 6.92 Å². The first-order valence-electron chi connectivity index (χ1n) is 7.23. The summed E-state index contributed by atoms with van der Waals surface area (Å²) < 4.78 is 30.0. The third-order valence-electron chi connectivity index (χ3n) is 3.54. The van der Waals surface area contributed by atoms with Crippen LogP contribution in [0.15, 0.2) is 40.5 Å². The Morgan fingerprint density at radius 1 is 1.21 bits per heavy atom. The maximum Gasteiger partial charge on any atom is 0.414 e. The molecule has 1 aromatic rings. The molecule has 0 aliphatic carbocycles. The predicted octanol–water partition coefficient (Wildman–Crippen LogP) is 2.52. The minimum Gasteiger partial charge on any atom is -0.465 e. The van der Waals surface area contributed by atoms with Gasteiger partial charge in [-0.1, -0.05) is 38.5 Å². The largest absolute Gasteiger partial charge is 0.465 e. The van der Waals surface area contributed by atoms with E-state index >= 15 is 0 Å². The van der Waals surface area contributed by atoms with Crippen LogP contribution in [0.5, 0.6) is 0 Å². The van der Waals surface area contributed by atoms with Gasteiger partial charge in [0.15, 0.2) is 0 Å². The number of amides is 2. The molecule has 130 valence electrons. The van der Waals surface area contributed by atoms with E-state index in [2.05, 4.69) is 0 Å². The zero-order valence-corrected chi connectivity index (χ0v) is 14.7. The lowest BCUT2D eigenvalue weighted by Gasteiger charge is -2.20. The summed E-state index contributed by atoms with van der Waals surface area (Å²) in [4.78, 5) is 23.9. The van der Waals surface area contributed by atoms with Crippen molar-refractivity contribution in [3.63, 3.8) is 0 Å². The maximum absolute atomic E-state index is 12.4. The highest BCUT2D eigenvalue weighted by Gasteiger charge is 2.42. The Hall–Kier alpha value is -2.35. The first-order chi connectivity index (χ1) is 10.9. The molecular formula is C16H19NO6S. The van der Waals surface area contributed by atoms with Crippen LogP contribution in [0.25, 0.3) is 0 Å². The summed E-state index contributed by atoms with van der Waals surface area (Å²) in [6, 6.07) is 6.04. The Morgan fingerprint density at radius 3 is 2.21 bits per heavy atom. The van der Waals surface area contributed by atoms with Crippen LogP contribution in [-0.4, -0.2) is 37.0 Å². The lowest BCUT2D eigenvalue weighted by Crippen LogP contribution is -2.34. The van der Waals surface area contributed by atoms with Crippen molar-refractivity contribution < 1.29 is 27.3 Å². The molecule has 0 aromatic heterocycles. The van der Waals surface area contributed by atoms with Crippen molar-refractivity contribution in [3.8, 4) is 0 Å². The van der Waals surface area contributed by atoms with Gasteiger partial charge in [0.1, 0.15) is 10.7 Å². The minimum atomic E-state index is -4.16. The van der Waals surface area contributed by atoms with E-state index in [0.717, 1.165) is 5.56 Å². The van der Waals surface area contributed by atoms with Crippen LogP contribution in [0, 0.1) is 12.3 Å². The molecule has 0 saturated carbocycles. The van der Waals surface area contributed by atoms with Gasteiger partial charge in [0.2, 0.25) is 0 Å². The molecule has 7 nitrogen and oxygen atoms in total. The van der Waals surface area contributed by atoms with Gasteiger partial charge in [-0.15, -0.1) is 0 Å². The Labute approximate surface area is 140 Å². The fourth-order valence-corrected chi connectivity index (χ4v) is 3.36. The average molecular weight is 353 g/mol. The number of imide groups is 1. The standard InChI is InChI=1S/C16H19NO6S/c1-10-5-7-11(8-6-10)24(21,22)23-12-9-17(15(19)20)14(18)13(12)16(2,3)4/h5-8H,9H2,1-4H3,(H,19,20). The van der Waals surface area contributed by atoms with Crippen LogP contribution >= 0.6 is 0 Å². The highest BCUT2D eigenvalue weighted by atomic mass is 32.2. The van der Waals surface area contributed by atoms with Gasteiger partial charge in [-0.05, 0) is 24.5 Å². The summed E-state index contributed by atoms with van der Waals surface area (Å²) in [5.74, 6) is -0.917. The Kier molecular flexibility index (Phi) is 4.45. The van der Waals surface area contributed by atoms with E-state index in [0.29, 0.717) is 4.90 Å². The van der Waals surface area contributed by atoms with Crippen LogP contribution in [0.3, 0.4) is 0 Å². The summed E-state index contributed by atoms with van der Waals surface area (Å²) in [7, 11) is -4.16. The van der Waals surface area contributed by atoms with Crippen molar-refractivity contribution in [3.05, 3.63) is 41.2 Å². The quantitative estimate of drug-likeness (QED) is 0.838. The second-order valence-electron chi connectivity index (χ2n) is 6.57. The molecule has 0 saturated heterocycles. The predicted molar refractivity (Wildman–Crippen MR) is 85.7 cm³/mol. The van der Waals surface area contributed by atoms with E-state index in [9.17, 15) is 18.0 Å². The SMILES string of the molecule is Cc1ccc(S(=O)(=O)OC2=C(C(C)(C)C)C(=O)N(C(=O)O)C2)cc1. The van der Waals surface area contributed by atoms with Crippen molar-refractivity contribution in [1.29, 1.82) is 0 Å². The molecule has 1 aliphatic heterocycles. The molecule has 0 bridgehead atoms. The molecule has 0 unspecified atom stereocenters. The molecule has 1 aromatic carbocycles. The van der Waals surface area contributed by atoms with Crippen LogP contribution in [0.1, 0.15) is 26.3 Å². The van der Waals surface area contributed by atoms with Gasteiger partial charge in [0, 0.05) is 0 Å². The molecule has 1 heterocycles. The minimum absolute atomic E-state index is 0.0422. The molecule has 24 heavy (non-hydrogen) atoms. The second-order valence-corrected chi connectivity index (χ2v) is 8.12. The molecule has 1 aliphatic rings. The fourth-order valence-electron chi connectivity index (χ4n) is 2.40. The number of benzene rings is 1. The number of rotatable bonds is 3. The van der Waals surface area contributed by atoms with Gasteiger partial charge in [0.25, 0.3) is 5.91 Å². The number of carbonyl (C=O) groups is 2. The third kappa shape index (κ3) is 3.43. The first-order valence-corrected chi connectivity index (χ1v) is 8.64. The third-order valence-corrected chi connectivity index (χ3v) is 4.81. The second kappa shape index (κ2) is 5.94. The van der Waals surface area contributed by atoms with E-state index in [1.165, 1.54) is 12.1 Å². The number of carboxylic acid groups (broad SMARTS) is 1. The van der Waals surface area contributed by atoms with E-state index in [1.54, 1.807) is 32.9 Å². The number of carbonyl (C=O) groups excluding carboxylic acids is 1. The summed E-state index contributed by atoms with van der Waals surface area (Å²) in [6.07, 6.45) is -1.45. The van der Waals surface area contributed by atoms with Crippen LogP contribution in [0.4, 0.5) is 4.79 Å². The topological polar surface area (TPSA) is 101 Å². The first kappa shape index (κ1) is 18.0.